The van der Waals surface area contributed by atoms with Gasteiger partial charge < -0.3 is 9.84 Å². The first-order valence-electron chi connectivity index (χ1n) is 5.04. The first-order chi connectivity index (χ1) is 7.24. The minimum Gasteiger partial charge on any atom is -0.491 e. The summed E-state index contributed by atoms with van der Waals surface area (Å²) in [6.45, 7) is 4.03. The number of hydrogen-bond acceptors (Lipinski definition) is 2. The molecule has 1 aromatic rings. The number of benzene rings is 1. The van der Waals surface area contributed by atoms with Gasteiger partial charge in [-0.25, -0.2) is 0 Å². The molecule has 1 N–H and O–H groups in total. The van der Waals surface area contributed by atoms with E-state index in [9.17, 15) is 0 Å². The highest BCUT2D eigenvalue weighted by Crippen LogP contribution is 2.12. The van der Waals surface area contributed by atoms with Crippen molar-refractivity contribution in [1.82, 2.24) is 0 Å². The van der Waals surface area contributed by atoms with Crippen LogP contribution in [0.25, 0.3) is 0 Å². The molecule has 0 aromatic heterocycles. The molecule has 3 heteroatoms. The maximum atomic E-state index is 8.36. The van der Waals surface area contributed by atoms with Crippen molar-refractivity contribution in [3.8, 4) is 5.75 Å². The zero-order chi connectivity index (χ0) is 11.5. The smallest absolute Gasteiger partial charge is 0.290 e. The van der Waals surface area contributed by atoms with E-state index in [0.29, 0.717) is 6.10 Å². The van der Waals surface area contributed by atoms with Gasteiger partial charge in [0.25, 0.3) is 6.47 Å². The molecule has 15 heavy (non-hydrogen) atoms. The van der Waals surface area contributed by atoms with E-state index in [1.807, 2.05) is 30.3 Å². The molecule has 1 rings (SSSR count). The monoisotopic (exact) mass is 210 g/mol. The van der Waals surface area contributed by atoms with E-state index in [1.165, 1.54) is 6.42 Å². The first-order valence-corrected chi connectivity index (χ1v) is 5.04. The zero-order valence-corrected chi connectivity index (χ0v) is 9.22. The van der Waals surface area contributed by atoms with Crippen LogP contribution in [0.1, 0.15) is 26.7 Å². The summed E-state index contributed by atoms with van der Waals surface area (Å²) in [7, 11) is 0. The molecule has 0 heterocycles. The lowest BCUT2D eigenvalue weighted by atomic mass is 10.2. The molecule has 0 saturated carbocycles. The Kier molecular flexibility index (Phi) is 8.15. The molecule has 0 spiro atoms. The highest BCUT2D eigenvalue weighted by atomic mass is 16.5. The molecule has 1 unspecified atom stereocenters. The maximum absolute atomic E-state index is 8.36. The van der Waals surface area contributed by atoms with Crippen molar-refractivity contribution < 1.29 is 14.6 Å². The van der Waals surface area contributed by atoms with E-state index < -0.39 is 0 Å². The van der Waals surface area contributed by atoms with Crippen molar-refractivity contribution in [3.63, 3.8) is 0 Å². The average Bonchev–Trinajstić information content (AvgIpc) is 2.20. The van der Waals surface area contributed by atoms with Gasteiger partial charge in [-0.3, -0.25) is 4.79 Å². The lowest BCUT2D eigenvalue weighted by molar-refractivity contribution is -0.122. The van der Waals surface area contributed by atoms with Crippen LogP contribution in [-0.4, -0.2) is 17.7 Å². The van der Waals surface area contributed by atoms with Gasteiger partial charge in [0.2, 0.25) is 0 Å². The fraction of sp³-hybridized carbons (Fsp3) is 0.417. The minimum atomic E-state index is -0.250. The van der Waals surface area contributed by atoms with Gasteiger partial charge in [0.15, 0.2) is 0 Å². The number of carbonyl (C=O) groups is 1. The highest BCUT2D eigenvalue weighted by Gasteiger charge is 2.00. The molecule has 0 radical (unpaired) electrons. The van der Waals surface area contributed by atoms with E-state index in [0.717, 1.165) is 12.2 Å². The standard InChI is InChI=1S/C11H16O.CH2O2/c1-3-7-10(2)12-11-8-5-4-6-9-11;2-1-3/h4-6,8-10H,3,7H2,1-2H3;1H,(H,2,3). The Hall–Kier alpha value is -1.51. The van der Waals surface area contributed by atoms with Crippen molar-refractivity contribution in [1.29, 1.82) is 0 Å². The summed E-state index contributed by atoms with van der Waals surface area (Å²) in [6, 6.07) is 9.97. The van der Waals surface area contributed by atoms with Crippen LogP contribution >= 0.6 is 0 Å². The normalized spacial score (nSPS) is 10.8. The Morgan fingerprint density at radius 1 is 1.40 bits per heavy atom. The van der Waals surface area contributed by atoms with Crippen LogP contribution in [0.2, 0.25) is 0 Å². The van der Waals surface area contributed by atoms with Crippen LogP contribution in [0.4, 0.5) is 0 Å². The van der Waals surface area contributed by atoms with Gasteiger partial charge >= 0.3 is 0 Å². The van der Waals surface area contributed by atoms with Crippen LogP contribution in [-0.2, 0) is 4.79 Å². The lowest BCUT2D eigenvalue weighted by Crippen LogP contribution is -2.10. The number of ether oxygens (including phenoxy) is 1. The van der Waals surface area contributed by atoms with Crippen LogP contribution in [0.15, 0.2) is 30.3 Å². The summed E-state index contributed by atoms with van der Waals surface area (Å²) >= 11 is 0. The van der Waals surface area contributed by atoms with Crippen LogP contribution in [0.3, 0.4) is 0 Å². The second-order valence-corrected chi connectivity index (χ2v) is 3.14. The Balaban J connectivity index is 0.000000583. The quantitative estimate of drug-likeness (QED) is 0.777. The van der Waals surface area contributed by atoms with E-state index >= 15 is 0 Å². The first kappa shape index (κ1) is 13.5. The molecule has 0 saturated heterocycles. The third-order valence-corrected chi connectivity index (χ3v) is 1.78. The van der Waals surface area contributed by atoms with E-state index in [1.54, 1.807) is 0 Å². The summed E-state index contributed by atoms with van der Waals surface area (Å²) in [5.74, 6) is 0.971. The molecule has 3 nitrogen and oxygen atoms in total. The van der Waals surface area contributed by atoms with Gasteiger partial charge in [0.1, 0.15) is 5.75 Å². The molecule has 0 aliphatic rings. The van der Waals surface area contributed by atoms with Crippen LogP contribution in [0, 0.1) is 0 Å². The largest absolute Gasteiger partial charge is 0.491 e. The third kappa shape index (κ3) is 7.55. The van der Waals surface area contributed by atoms with Gasteiger partial charge in [0.05, 0.1) is 6.10 Å². The molecule has 1 aromatic carbocycles. The molecule has 0 bridgehead atoms. The SMILES string of the molecule is CCCC(C)Oc1ccccc1.O=CO. The Bertz CT molecular complexity index is 246. The van der Waals surface area contributed by atoms with Crippen molar-refractivity contribution in [2.75, 3.05) is 0 Å². The fourth-order valence-electron chi connectivity index (χ4n) is 1.20. The predicted molar refractivity (Wildman–Crippen MR) is 60.1 cm³/mol. The van der Waals surface area contributed by atoms with Crippen molar-refractivity contribution in [2.24, 2.45) is 0 Å². The van der Waals surface area contributed by atoms with Crippen LogP contribution in [0.5, 0.6) is 5.75 Å². The summed E-state index contributed by atoms with van der Waals surface area (Å²) in [5.41, 5.74) is 0. The summed E-state index contributed by atoms with van der Waals surface area (Å²) in [4.78, 5) is 8.36. The molecule has 84 valence electrons. The summed E-state index contributed by atoms with van der Waals surface area (Å²) < 4.78 is 5.65. The van der Waals surface area contributed by atoms with Crippen molar-refractivity contribution >= 4 is 6.47 Å². The van der Waals surface area contributed by atoms with Crippen molar-refractivity contribution in [2.45, 2.75) is 32.8 Å². The molecule has 0 aliphatic heterocycles. The van der Waals surface area contributed by atoms with Gasteiger partial charge in [-0.05, 0) is 25.5 Å². The van der Waals surface area contributed by atoms with Gasteiger partial charge in [-0.1, -0.05) is 31.5 Å². The molecule has 1 atom stereocenters. The predicted octanol–water partition coefficient (Wildman–Crippen LogP) is 2.95. The van der Waals surface area contributed by atoms with Gasteiger partial charge in [-0.15, -0.1) is 0 Å². The van der Waals surface area contributed by atoms with E-state index in [-0.39, 0.29) is 6.47 Å². The second kappa shape index (κ2) is 9.06. The average molecular weight is 210 g/mol. The Morgan fingerprint density at radius 2 is 1.93 bits per heavy atom. The van der Waals surface area contributed by atoms with Crippen molar-refractivity contribution in [3.05, 3.63) is 30.3 Å². The molecule has 0 amide bonds. The number of carboxylic acid groups (broad SMARTS) is 1. The topological polar surface area (TPSA) is 46.5 Å². The van der Waals surface area contributed by atoms with E-state index in [4.69, 9.17) is 14.6 Å². The summed E-state index contributed by atoms with van der Waals surface area (Å²) in [5, 5.41) is 6.89. The zero-order valence-electron chi connectivity index (χ0n) is 9.22. The van der Waals surface area contributed by atoms with Gasteiger partial charge in [0, 0.05) is 0 Å². The highest BCUT2D eigenvalue weighted by molar-refractivity contribution is 5.32. The third-order valence-electron chi connectivity index (χ3n) is 1.78. The molecular weight excluding hydrogens is 192 g/mol. The Labute approximate surface area is 90.7 Å². The maximum Gasteiger partial charge on any atom is 0.290 e. The number of rotatable bonds is 4. The fourth-order valence-corrected chi connectivity index (χ4v) is 1.20. The molecule has 0 aliphatic carbocycles. The van der Waals surface area contributed by atoms with Gasteiger partial charge in [-0.2, -0.15) is 0 Å². The number of hydrogen-bond donors (Lipinski definition) is 1. The summed E-state index contributed by atoms with van der Waals surface area (Å²) in [6.07, 6.45) is 2.63. The van der Waals surface area contributed by atoms with Crippen LogP contribution < -0.4 is 4.74 Å². The van der Waals surface area contributed by atoms with E-state index in [2.05, 4.69) is 13.8 Å². The molecule has 0 fully saturated rings. The minimum absolute atomic E-state index is 0.250. The second-order valence-electron chi connectivity index (χ2n) is 3.14. The Morgan fingerprint density at radius 3 is 2.40 bits per heavy atom. The molecular formula is C12H18O3. The lowest BCUT2D eigenvalue weighted by Gasteiger charge is -2.12. The number of para-hydroxylation sites is 1.